The molecular formula is C14H15ClN4S. The van der Waals surface area contributed by atoms with Gasteiger partial charge in [-0.25, -0.2) is 4.52 Å². The average Bonchev–Trinajstić information content (AvgIpc) is 3.05. The van der Waals surface area contributed by atoms with Gasteiger partial charge in [0, 0.05) is 23.0 Å². The summed E-state index contributed by atoms with van der Waals surface area (Å²) in [6.45, 7) is 5.19. The predicted molar refractivity (Wildman–Crippen MR) is 83.8 cm³/mol. The fourth-order valence-electron chi connectivity index (χ4n) is 1.98. The lowest BCUT2D eigenvalue weighted by molar-refractivity contribution is 0.567. The summed E-state index contributed by atoms with van der Waals surface area (Å²) in [5.41, 5.74) is 0.828. The number of anilines is 1. The van der Waals surface area contributed by atoms with E-state index in [4.69, 9.17) is 11.6 Å². The second kappa shape index (κ2) is 5.07. The first-order valence-electron chi connectivity index (χ1n) is 6.34. The van der Waals surface area contributed by atoms with Crippen LogP contribution in [0.2, 0.25) is 5.02 Å². The van der Waals surface area contributed by atoms with E-state index in [9.17, 15) is 0 Å². The van der Waals surface area contributed by atoms with Gasteiger partial charge in [0.05, 0.1) is 5.02 Å². The van der Waals surface area contributed by atoms with Crippen LogP contribution < -0.4 is 5.32 Å². The van der Waals surface area contributed by atoms with Crippen molar-refractivity contribution in [3.63, 3.8) is 0 Å². The zero-order valence-corrected chi connectivity index (χ0v) is 12.9. The molecule has 3 aromatic heterocycles. The van der Waals surface area contributed by atoms with E-state index in [0.717, 1.165) is 12.2 Å². The predicted octanol–water partition coefficient (Wildman–Crippen LogP) is 3.83. The van der Waals surface area contributed by atoms with Crippen LogP contribution in [0.4, 0.5) is 5.95 Å². The molecule has 0 atom stereocenters. The highest BCUT2D eigenvalue weighted by Crippen LogP contribution is 2.27. The molecule has 0 aliphatic rings. The molecule has 0 spiro atoms. The number of nitrogens with zero attached hydrogens (tertiary/aromatic N) is 3. The van der Waals surface area contributed by atoms with Crippen molar-refractivity contribution in [1.29, 1.82) is 0 Å². The van der Waals surface area contributed by atoms with Gasteiger partial charge in [-0.1, -0.05) is 31.5 Å². The molecule has 0 bridgehead atoms. The molecule has 20 heavy (non-hydrogen) atoms. The zero-order valence-electron chi connectivity index (χ0n) is 11.3. The van der Waals surface area contributed by atoms with Crippen molar-refractivity contribution in [3.05, 3.63) is 45.7 Å². The first-order chi connectivity index (χ1) is 9.54. The lowest BCUT2D eigenvalue weighted by atomic mass is 9.91. The number of aromatic nitrogens is 3. The number of rotatable bonds is 4. The Morgan fingerprint density at radius 3 is 2.95 bits per heavy atom. The molecule has 0 amide bonds. The molecule has 0 saturated carbocycles. The quantitative estimate of drug-likeness (QED) is 0.796. The maximum Gasteiger partial charge on any atom is 0.243 e. The summed E-state index contributed by atoms with van der Waals surface area (Å²) in [6, 6.07) is 7.89. The van der Waals surface area contributed by atoms with Crippen molar-refractivity contribution >= 4 is 34.5 Å². The van der Waals surface area contributed by atoms with E-state index in [2.05, 4.69) is 46.8 Å². The van der Waals surface area contributed by atoms with E-state index >= 15 is 0 Å². The van der Waals surface area contributed by atoms with Gasteiger partial charge >= 0.3 is 0 Å². The molecule has 0 aromatic carbocycles. The van der Waals surface area contributed by atoms with E-state index in [1.54, 1.807) is 22.0 Å². The minimum absolute atomic E-state index is 0.0449. The maximum atomic E-state index is 5.94. The summed E-state index contributed by atoms with van der Waals surface area (Å²) < 4.78 is 1.68. The fraction of sp³-hybridized carbons (Fsp3) is 0.286. The van der Waals surface area contributed by atoms with Crippen LogP contribution in [-0.2, 0) is 5.41 Å². The van der Waals surface area contributed by atoms with Crippen LogP contribution in [-0.4, -0.2) is 21.1 Å². The number of halogens is 1. The summed E-state index contributed by atoms with van der Waals surface area (Å²) in [6.07, 6.45) is 1.75. The molecule has 3 aromatic rings. The monoisotopic (exact) mass is 306 g/mol. The molecule has 0 aliphatic heterocycles. The van der Waals surface area contributed by atoms with Gasteiger partial charge < -0.3 is 5.32 Å². The van der Waals surface area contributed by atoms with Crippen molar-refractivity contribution in [2.45, 2.75) is 19.3 Å². The van der Waals surface area contributed by atoms with E-state index in [-0.39, 0.29) is 5.41 Å². The van der Waals surface area contributed by atoms with Gasteiger partial charge in [0.1, 0.15) is 0 Å². The van der Waals surface area contributed by atoms with Crippen LogP contribution in [0.1, 0.15) is 18.7 Å². The third-order valence-corrected chi connectivity index (χ3v) is 4.63. The number of pyridine rings is 1. The Kier molecular flexibility index (Phi) is 3.40. The summed E-state index contributed by atoms with van der Waals surface area (Å²) in [7, 11) is 0. The Labute approximate surface area is 126 Å². The number of thiophene rings is 1. The number of hydrogen-bond donors (Lipinski definition) is 1. The van der Waals surface area contributed by atoms with Crippen LogP contribution >= 0.6 is 22.9 Å². The highest BCUT2D eigenvalue weighted by atomic mass is 35.5. The SMILES string of the molecule is CC(C)(CNc1nc2ccc(Cl)cn2n1)c1cccs1. The van der Waals surface area contributed by atoms with Crippen molar-refractivity contribution in [3.8, 4) is 0 Å². The minimum Gasteiger partial charge on any atom is -0.352 e. The average molecular weight is 307 g/mol. The van der Waals surface area contributed by atoms with E-state index in [1.807, 2.05) is 12.1 Å². The second-order valence-electron chi connectivity index (χ2n) is 5.30. The van der Waals surface area contributed by atoms with Gasteiger partial charge in [0.25, 0.3) is 0 Å². The van der Waals surface area contributed by atoms with E-state index in [1.165, 1.54) is 4.88 Å². The Bertz CT molecular complexity index is 718. The van der Waals surface area contributed by atoms with Crippen LogP contribution in [0, 0.1) is 0 Å². The normalized spacial score (nSPS) is 11.9. The molecule has 4 nitrogen and oxygen atoms in total. The minimum atomic E-state index is 0.0449. The summed E-state index contributed by atoms with van der Waals surface area (Å²) >= 11 is 7.71. The smallest absolute Gasteiger partial charge is 0.243 e. The molecule has 0 fully saturated rings. The van der Waals surface area contributed by atoms with E-state index in [0.29, 0.717) is 11.0 Å². The van der Waals surface area contributed by atoms with Gasteiger partial charge in [-0.05, 0) is 23.6 Å². The summed E-state index contributed by atoms with van der Waals surface area (Å²) in [5.74, 6) is 0.622. The van der Waals surface area contributed by atoms with Gasteiger partial charge in [-0.15, -0.1) is 16.4 Å². The Morgan fingerprint density at radius 2 is 2.20 bits per heavy atom. The first-order valence-corrected chi connectivity index (χ1v) is 7.60. The van der Waals surface area contributed by atoms with Gasteiger partial charge in [-0.3, -0.25) is 0 Å². The first kappa shape index (κ1) is 13.4. The molecule has 0 aliphatic carbocycles. The zero-order chi connectivity index (χ0) is 14.2. The molecule has 0 unspecified atom stereocenters. The van der Waals surface area contributed by atoms with Crippen molar-refractivity contribution in [2.75, 3.05) is 11.9 Å². The Balaban J connectivity index is 1.77. The topological polar surface area (TPSA) is 42.2 Å². The molecule has 0 saturated heterocycles. The summed E-state index contributed by atoms with van der Waals surface area (Å²) in [4.78, 5) is 5.77. The Hall–Kier alpha value is -1.59. The molecule has 0 radical (unpaired) electrons. The molecule has 3 heterocycles. The van der Waals surface area contributed by atoms with Crippen LogP contribution in [0.5, 0.6) is 0 Å². The van der Waals surface area contributed by atoms with Crippen molar-refractivity contribution in [1.82, 2.24) is 14.6 Å². The molecular weight excluding hydrogens is 292 g/mol. The van der Waals surface area contributed by atoms with Crippen LogP contribution in [0.15, 0.2) is 35.8 Å². The Morgan fingerprint density at radius 1 is 1.35 bits per heavy atom. The maximum absolute atomic E-state index is 5.94. The van der Waals surface area contributed by atoms with Gasteiger partial charge in [0.2, 0.25) is 5.95 Å². The van der Waals surface area contributed by atoms with Gasteiger partial charge in [0.15, 0.2) is 5.65 Å². The molecule has 3 rings (SSSR count). The fourth-order valence-corrected chi connectivity index (χ4v) is 2.99. The number of nitrogens with one attached hydrogen (secondary N) is 1. The highest BCUT2D eigenvalue weighted by Gasteiger charge is 2.22. The van der Waals surface area contributed by atoms with Crippen LogP contribution in [0.3, 0.4) is 0 Å². The number of hydrogen-bond acceptors (Lipinski definition) is 4. The molecule has 6 heteroatoms. The van der Waals surface area contributed by atoms with Crippen molar-refractivity contribution in [2.24, 2.45) is 0 Å². The highest BCUT2D eigenvalue weighted by molar-refractivity contribution is 7.10. The van der Waals surface area contributed by atoms with E-state index < -0.39 is 0 Å². The third kappa shape index (κ3) is 2.64. The lowest BCUT2D eigenvalue weighted by Gasteiger charge is -2.23. The standard InChI is InChI=1S/C14H15ClN4S/c1-14(2,11-4-3-7-20-11)9-16-13-17-12-6-5-10(15)8-19(12)18-13/h3-8H,9H2,1-2H3,(H,16,18). The largest absolute Gasteiger partial charge is 0.352 e. The summed E-state index contributed by atoms with van der Waals surface area (Å²) in [5, 5.41) is 10.4. The van der Waals surface area contributed by atoms with Crippen LogP contribution in [0.25, 0.3) is 5.65 Å². The molecule has 104 valence electrons. The second-order valence-corrected chi connectivity index (χ2v) is 6.68. The van der Waals surface area contributed by atoms with Crippen molar-refractivity contribution < 1.29 is 0 Å². The lowest BCUT2D eigenvalue weighted by Crippen LogP contribution is -2.26. The molecule has 1 N–H and O–H groups in total. The third-order valence-electron chi connectivity index (χ3n) is 3.17. The number of fused-ring (bicyclic) bond motifs is 1. The van der Waals surface area contributed by atoms with Gasteiger partial charge in [-0.2, -0.15) is 4.98 Å².